The van der Waals surface area contributed by atoms with Crippen LogP contribution in [0.1, 0.15) is 5.56 Å². The molecule has 1 N–H and O–H groups in total. The molecule has 1 amide bonds. The van der Waals surface area contributed by atoms with E-state index in [9.17, 15) is 17.6 Å². The first-order valence-electron chi connectivity index (χ1n) is 9.19. The topological polar surface area (TPSA) is 75.7 Å². The van der Waals surface area contributed by atoms with E-state index in [0.717, 1.165) is 9.87 Å². The van der Waals surface area contributed by atoms with Gasteiger partial charge in [-0.3, -0.25) is 9.10 Å². The van der Waals surface area contributed by atoms with Crippen molar-refractivity contribution in [2.75, 3.05) is 23.3 Å². The zero-order valence-corrected chi connectivity index (χ0v) is 19.2. The molecule has 0 atom stereocenters. The molecular formula is C22H20BrFN2O4S. The van der Waals surface area contributed by atoms with E-state index in [0.29, 0.717) is 4.47 Å². The standard InChI is InChI=1S/C22H20BrFN2O4S/c1-15-8-11-21(30-2)20(12-15)26(31(28,29)17-6-4-3-5-7-17)14-22(27)25-19-10-9-16(23)13-18(19)24/h3-13H,14H2,1-2H3,(H,25,27). The van der Waals surface area contributed by atoms with Crippen LogP contribution in [0.15, 0.2) is 76.1 Å². The number of sulfonamides is 1. The number of halogens is 2. The number of ether oxygens (including phenoxy) is 1. The molecule has 0 unspecified atom stereocenters. The lowest BCUT2D eigenvalue weighted by Crippen LogP contribution is -2.38. The minimum absolute atomic E-state index is 0.0150. The molecule has 0 saturated carbocycles. The molecule has 0 fully saturated rings. The van der Waals surface area contributed by atoms with Crippen LogP contribution in [0.3, 0.4) is 0 Å². The molecule has 0 bridgehead atoms. The zero-order chi connectivity index (χ0) is 22.6. The first-order valence-corrected chi connectivity index (χ1v) is 11.4. The van der Waals surface area contributed by atoms with Crippen LogP contribution in [0.2, 0.25) is 0 Å². The molecular weight excluding hydrogens is 487 g/mol. The summed E-state index contributed by atoms with van der Waals surface area (Å²) in [5, 5.41) is 2.43. The Labute approximate surface area is 188 Å². The van der Waals surface area contributed by atoms with Gasteiger partial charge in [0.05, 0.1) is 23.4 Å². The summed E-state index contributed by atoms with van der Waals surface area (Å²) in [4.78, 5) is 12.8. The van der Waals surface area contributed by atoms with Crippen molar-refractivity contribution in [2.24, 2.45) is 0 Å². The van der Waals surface area contributed by atoms with Gasteiger partial charge < -0.3 is 10.1 Å². The van der Waals surface area contributed by atoms with Crippen molar-refractivity contribution in [3.8, 4) is 5.75 Å². The summed E-state index contributed by atoms with van der Waals surface area (Å²) in [5.41, 5.74) is 0.933. The van der Waals surface area contributed by atoms with Crippen molar-refractivity contribution in [1.29, 1.82) is 0 Å². The van der Waals surface area contributed by atoms with Crippen molar-refractivity contribution < 1.29 is 22.3 Å². The number of aryl methyl sites for hydroxylation is 1. The minimum Gasteiger partial charge on any atom is -0.495 e. The van der Waals surface area contributed by atoms with Crippen molar-refractivity contribution in [1.82, 2.24) is 0 Å². The Morgan fingerprint density at radius 2 is 1.81 bits per heavy atom. The number of carbonyl (C=O) groups is 1. The quantitative estimate of drug-likeness (QED) is 0.502. The summed E-state index contributed by atoms with van der Waals surface area (Å²) in [6.45, 7) is 1.22. The molecule has 3 rings (SSSR count). The van der Waals surface area contributed by atoms with Gasteiger partial charge >= 0.3 is 0 Å². The summed E-state index contributed by atoms with van der Waals surface area (Å²) in [5.74, 6) is -1.06. The molecule has 3 aromatic carbocycles. The molecule has 0 aromatic heterocycles. The molecule has 31 heavy (non-hydrogen) atoms. The van der Waals surface area contributed by atoms with Crippen LogP contribution < -0.4 is 14.4 Å². The van der Waals surface area contributed by atoms with E-state index in [4.69, 9.17) is 4.74 Å². The van der Waals surface area contributed by atoms with Gasteiger partial charge in [0.25, 0.3) is 10.0 Å². The minimum atomic E-state index is -4.12. The average Bonchev–Trinajstić information content (AvgIpc) is 2.74. The summed E-state index contributed by atoms with van der Waals surface area (Å²) in [7, 11) is -2.70. The molecule has 0 radical (unpaired) electrons. The lowest BCUT2D eigenvalue weighted by atomic mass is 10.2. The number of carbonyl (C=O) groups excluding carboxylic acids is 1. The van der Waals surface area contributed by atoms with E-state index in [2.05, 4.69) is 21.2 Å². The fraction of sp³-hybridized carbons (Fsp3) is 0.136. The summed E-state index contributed by atoms with van der Waals surface area (Å²) in [6, 6.07) is 16.9. The number of hydrogen-bond acceptors (Lipinski definition) is 4. The molecule has 0 saturated heterocycles. The number of rotatable bonds is 7. The van der Waals surface area contributed by atoms with Crippen LogP contribution in [0, 0.1) is 12.7 Å². The average molecular weight is 507 g/mol. The summed E-state index contributed by atoms with van der Waals surface area (Å²) < 4.78 is 47.8. The first-order chi connectivity index (χ1) is 14.7. The van der Waals surface area contributed by atoms with Crippen molar-refractivity contribution in [3.05, 3.63) is 82.6 Å². The third kappa shape index (κ3) is 5.23. The Hall–Kier alpha value is -2.91. The highest BCUT2D eigenvalue weighted by atomic mass is 79.9. The number of anilines is 2. The van der Waals surface area contributed by atoms with Gasteiger partial charge in [-0.2, -0.15) is 0 Å². The monoisotopic (exact) mass is 506 g/mol. The second kappa shape index (κ2) is 9.49. The van der Waals surface area contributed by atoms with Crippen LogP contribution in [-0.2, 0) is 14.8 Å². The molecule has 3 aromatic rings. The first kappa shape index (κ1) is 22.8. The third-order valence-electron chi connectivity index (χ3n) is 4.43. The van der Waals surface area contributed by atoms with Crippen LogP contribution in [0.4, 0.5) is 15.8 Å². The highest BCUT2D eigenvalue weighted by Gasteiger charge is 2.29. The normalized spacial score (nSPS) is 11.1. The van der Waals surface area contributed by atoms with Crippen LogP contribution >= 0.6 is 15.9 Å². The maximum atomic E-state index is 14.1. The SMILES string of the molecule is COc1ccc(C)cc1N(CC(=O)Nc1ccc(Br)cc1F)S(=O)(=O)c1ccccc1. The fourth-order valence-corrected chi connectivity index (χ4v) is 4.70. The van der Waals surface area contributed by atoms with Crippen molar-refractivity contribution >= 4 is 43.2 Å². The van der Waals surface area contributed by atoms with E-state index < -0.39 is 28.3 Å². The molecule has 162 valence electrons. The van der Waals surface area contributed by atoms with E-state index >= 15 is 0 Å². The Bertz CT molecular complexity index is 1200. The highest BCUT2D eigenvalue weighted by Crippen LogP contribution is 2.33. The maximum absolute atomic E-state index is 14.1. The van der Waals surface area contributed by atoms with E-state index in [1.807, 2.05) is 0 Å². The second-order valence-electron chi connectivity index (χ2n) is 6.67. The predicted molar refractivity (Wildman–Crippen MR) is 121 cm³/mol. The van der Waals surface area contributed by atoms with Gasteiger partial charge in [-0.05, 0) is 55.0 Å². The molecule has 0 spiro atoms. The van der Waals surface area contributed by atoms with Crippen molar-refractivity contribution in [2.45, 2.75) is 11.8 Å². The van der Waals surface area contributed by atoms with Gasteiger partial charge in [0.15, 0.2) is 0 Å². The molecule has 0 aliphatic heterocycles. The third-order valence-corrected chi connectivity index (χ3v) is 6.69. The van der Waals surface area contributed by atoms with Crippen LogP contribution in [0.25, 0.3) is 0 Å². The largest absolute Gasteiger partial charge is 0.495 e. The van der Waals surface area contributed by atoms with Gasteiger partial charge in [0.1, 0.15) is 18.1 Å². The van der Waals surface area contributed by atoms with Gasteiger partial charge in [-0.15, -0.1) is 0 Å². The number of nitrogens with zero attached hydrogens (tertiary/aromatic N) is 1. The summed E-state index contributed by atoms with van der Waals surface area (Å²) in [6.07, 6.45) is 0. The van der Waals surface area contributed by atoms with Gasteiger partial charge in [0, 0.05) is 4.47 Å². The van der Waals surface area contributed by atoms with E-state index in [1.54, 1.807) is 49.4 Å². The second-order valence-corrected chi connectivity index (χ2v) is 9.45. The van der Waals surface area contributed by atoms with E-state index in [-0.39, 0.29) is 22.0 Å². The number of nitrogens with one attached hydrogen (secondary N) is 1. The lowest BCUT2D eigenvalue weighted by molar-refractivity contribution is -0.114. The van der Waals surface area contributed by atoms with Crippen LogP contribution in [0.5, 0.6) is 5.75 Å². The molecule has 6 nitrogen and oxygen atoms in total. The Kier molecular flexibility index (Phi) is 6.97. The number of methoxy groups -OCH3 is 1. The van der Waals surface area contributed by atoms with Gasteiger partial charge in [-0.1, -0.05) is 40.2 Å². The van der Waals surface area contributed by atoms with Gasteiger partial charge in [0.2, 0.25) is 5.91 Å². The lowest BCUT2D eigenvalue weighted by Gasteiger charge is -2.26. The Morgan fingerprint density at radius 1 is 1.10 bits per heavy atom. The number of hydrogen-bond donors (Lipinski definition) is 1. The highest BCUT2D eigenvalue weighted by molar-refractivity contribution is 9.10. The molecule has 0 aliphatic rings. The van der Waals surface area contributed by atoms with Gasteiger partial charge in [-0.25, -0.2) is 12.8 Å². The smallest absolute Gasteiger partial charge is 0.264 e. The maximum Gasteiger partial charge on any atom is 0.264 e. The molecule has 9 heteroatoms. The Balaban J connectivity index is 2.02. The fourth-order valence-electron chi connectivity index (χ4n) is 2.93. The van der Waals surface area contributed by atoms with E-state index in [1.165, 1.54) is 31.4 Å². The number of amides is 1. The predicted octanol–water partition coefficient (Wildman–Crippen LogP) is 4.74. The number of benzene rings is 3. The zero-order valence-electron chi connectivity index (χ0n) is 16.8. The molecule has 0 heterocycles. The molecule has 0 aliphatic carbocycles. The Morgan fingerprint density at radius 3 is 2.45 bits per heavy atom. The van der Waals surface area contributed by atoms with Crippen LogP contribution in [-0.4, -0.2) is 28.0 Å². The summed E-state index contributed by atoms with van der Waals surface area (Å²) >= 11 is 3.15. The van der Waals surface area contributed by atoms with Crippen molar-refractivity contribution in [3.63, 3.8) is 0 Å².